The third-order valence-electron chi connectivity index (χ3n) is 3.54. The van der Waals surface area contributed by atoms with Crippen molar-refractivity contribution in [3.8, 4) is 0 Å². The number of aromatic nitrogens is 1. The number of hydrogen-bond acceptors (Lipinski definition) is 4. The van der Waals surface area contributed by atoms with Gasteiger partial charge in [-0.05, 0) is 39.3 Å². The lowest BCUT2D eigenvalue weighted by Gasteiger charge is -2.34. The molecule has 6 heteroatoms. The molecule has 0 aromatic carbocycles. The molecule has 1 aromatic heterocycles. The van der Waals surface area contributed by atoms with Crippen molar-refractivity contribution in [2.75, 3.05) is 19.6 Å². The van der Waals surface area contributed by atoms with Crippen LogP contribution in [0.4, 0.5) is 0 Å². The second-order valence-corrected chi connectivity index (χ2v) is 5.17. The normalized spacial score (nSPS) is 15.7. The van der Waals surface area contributed by atoms with Crippen LogP contribution in [-0.2, 0) is 11.2 Å². The smallest absolute Gasteiger partial charge is 0.228 e. The first-order chi connectivity index (χ1) is 9.20. The van der Waals surface area contributed by atoms with Gasteiger partial charge in [0.1, 0.15) is 5.76 Å². The van der Waals surface area contributed by atoms with Gasteiger partial charge in [0.25, 0.3) is 0 Å². The number of carbonyl (C=O) groups is 1. The highest BCUT2D eigenvalue weighted by Gasteiger charge is 2.25. The first kappa shape index (κ1) is 17.0. The van der Waals surface area contributed by atoms with Crippen LogP contribution in [0.25, 0.3) is 0 Å². The molecule has 0 unspecified atom stereocenters. The van der Waals surface area contributed by atoms with Crippen LogP contribution in [-0.4, -0.2) is 41.6 Å². The van der Waals surface area contributed by atoms with Crippen LogP contribution in [0.5, 0.6) is 0 Å². The lowest BCUT2D eigenvalue weighted by Crippen LogP contribution is -2.47. The molecule has 1 aliphatic heterocycles. The highest BCUT2D eigenvalue weighted by atomic mass is 35.5. The molecule has 20 heavy (non-hydrogen) atoms. The summed E-state index contributed by atoms with van der Waals surface area (Å²) >= 11 is 0. The third-order valence-corrected chi connectivity index (χ3v) is 3.54. The van der Waals surface area contributed by atoms with Gasteiger partial charge in [-0.3, -0.25) is 4.79 Å². The molecule has 0 saturated carbocycles. The Labute approximate surface area is 126 Å². The van der Waals surface area contributed by atoms with E-state index in [0.717, 1.165) is 50.4 Å². The zero-order valence-corrected chi connectivity index (χ0v) is 13.0. The van der Waals surface area contributed by atoms with Crippen molar-refractivity contribution in [2.24, 2.45) is 0 Å². The molecule has 1 amide bonds. The number of carbonyl (C=O) groups excluding carboxylic acids is 1. The fraction of sp³-hybridized carbons (Fsp3) is 0.714. The molecular formula is C14H24ClN3O2. The molecule has 5 nitrogen and oxygen atoms in total. The standard InChI is InChI=1S/C14H23N3O2.ClH/c1-3-8-17(13-4-6-15-7-5-13)14(18)10-12-9-11(2)19-16-12;/h9,13,15H,3-8,10H2,1-2H3;1H. The Balaban J connectivity index is 0.00000200. The zero-order chi connectivity index (χ0) is 13.7. The molecule has 1 saturated heterocycles. The van der Waals surface area contributed by atoms with E-state index in [4.69, 9.17) is 4.52 Å². The van der Waals surface area contributed by atoms with E-state index in [9.17, 15) is 4.79 Å². The van der Waals surface area contributed by atoms with E-state index < -0.39 is 0 Å². The Hall–Kier alpha value is -1.07. The summed E-state index contributed by atoms with van der Waals surface area (Å²) in [5.41, 5.74) is 0.734. The summed E-state index contributed by atoms with van der Waals surface area (Å²) in [6.45, 7) is 6.79. The maximum atomic E-state index is 12.4. The minimum absolute atomic E-state index is 0. The molecule has 2 heterocycles. The number of aryl methyl sites for hydroxylation is 1. The molecule has 0 radical (unpaired) electrons. The summed E-state index contributed by atoms with van der Waals surface area (Å²) in [7, 11) is 0. The molecule has 114 valence electrons. The molecule has 2 rings (SSSR count). The van der Waals surface area contributed by atoms with Crippen molar-refractivity contribution in [1.29, 1.82) is 0 Å². The topological polar surface area (TPSA) is 58.4 Å². The Morgan fingerprint density at radius 3 is 2.75 bits per heavy atom. The van der Waals surface area contributed by atoms with E-state index in [1.54, 1.807) is 0 Å². The van der Waals surface area contributed by atoms with Gasteiger partial charge in [0, 0.05) is 18.7 Å². The SMILES string of the molecule is CCCN(C(=O)Cc1cc(C)on1)C1CCNCC1.Cl. The average Bonchev–Trinajstić information content (AvgIpc) is 2.82. The van der Waals surface area contributed by atoms with Crippen LogP contribution >= 0.6 is 12.4 Å². The van der Waals surface area contributed by atoms with E-state index in [1.165, 1.54) is 0 Å². The zero-order valence-electron chi connectivity index (χ0n) is 12.2. The van der Waals surface area contributed by atoms with E-state index >= 15 is 0 Å². The number of hydrogen-bond donors (Lipinski definition) is 1. The molecule has 0 bridgehead atoms. The Bertz CT molecular complexity index is 416. The largest absolute Gasteiger partial charge is 0.361 e. The van der Waals surface area contributed by atoms with Crippen LogP contribution < -0.4 is 5.32 Å². The molecule has 0 spiro atoms. The van der Waals surface area contributed by atoms with Gasteiger partial charge >= 0.3 is 0 Å². The van der Waals surface area contributed by atoms with Crippen molar-refractivity contribution in [3.63, 3.8) is 0 Å². The summed E-state index contributed by atoms with van der Waals surface area (Å²) in [6, 6.07) is 2.21. The van der Waals surface area contributed by atoms with Crippen LogP contribution in [0.1, 0.15) is 37.6 Å². The van der Waals surface area contributed by atoms with Gasteiger partial charge in [-0.1, -0.05) is 12.1 Å². The van der Waals surface area contributed by atoms with E-state index in [0.29, 0.717) is 12.5 Å². The molecule has 1 aliphatic rings. The molecule has 1 fully saturated rings. The maximum absolute atomic E-state index is 12.4. The van der Waals surface area contributed by atoms with Gasteiger partial charge in [-0.2, -0.15) is 0 Å². The number of nitrogens with zero attached hydrogens (tertiary/aromatic N) is 2. The van der Waals surface area contributed by atoms with Gasteiger partial charge in [-0.15, -0.1) is 12.4 Å². The fourth-order valence-corrected chi connectivity index (χ4v) is 2.63. The highest BCUT2D eigenvalue weighted by Crippen LogP contribution is 2.14. The third kappa shape index (κ3) is 4.49. The lowest BCUT2D eigenvalue weighted by molar-refractivity contribution is -0.133. The summed E-state index contributed by atoms with van der Waals surface area (Å²) in [4.78, 5) is 14.5. The maximum Gasteiger partial charge on any atom is 0.228 e. The highest BCUT2D eigenvalue weighted by molar-refractivity contribution is 5.85. The van der Waals surface area contributed by atoms with E-state index in [-0.39, 0.29) is 18.3 Å². The monoisotopic (exact) mass is 301 g/mol. The Kier molecular flexibility index (Phi) is 7.02. The fourth-order valence-electron chi connectivity index (χ4n) is 2.63. The van der Waals surface area contributed by atoms with E-state index in [1.807, 2.05) is 17.9 Å². The van der Waals surface area contributed by atoms with Crippen molar-refractivity contribution < 1.29 is 9.32 Å². The van der Waals surface area contributed by atoms with Gasteiger partial charge < -0.3 is 14.7 Å². The number of halogens is 1. The van der Waals surface area contributed by atoms with Crippen LogP contribution in [0.2, 0.25) is 0 Å². The van der Waals surface area contributed by atoms with Crippen molar-refractivity contribution in [3.05, 3.63) is 17.5 Å². The minimum Gasteiger partial charge on any atom is -0.361 e. The first-order valence-electron chi connectivity index (χ1n) is 7.13. The van der Waals surface area contributed by atoms with Crippen molar-refractivity contribution in [1.82, 2.24) is 15.4 Å². The molecule has 0 atom stereocenters. The van der Waals surface area contributed by atoms with Crippen LogP contribution in [0, 0.1) is 6.92 Å². The summed E-state index contributed by atoms with van der Waals surface area (Å²) in [5, 5.41) is 7.25. The molecule has 0 aliphatic carbocycles. The van der Waals surface area contributed by atoms with Gasteiger partial charge in [0.2, 0.25) is 5.91 Å². The number of amides is 1. The second-order valence-electron chi connectivity index (χ2n) is 5.17. The van der Waals surface area contributed by atoms with E-state index in [2.05, 4.69) is 17.4 Å². The van der Waals surface area contributed by atoms with Crippen molar-refractivity contribution >= 4 is 18.3 Å². The van der Waals surface area contributed by atoms with Crippen LogP contribution in [0.15, 0.2) is 10.6 Å². The summed E-state index contributed by atoms with van der Waals surface area (Å²) in [5.74, 6) is 0.925. The first-order valence-corrected chi connectivity index (χ1v) is 7.13. The van der Waals surface area contributed by atoms with Gasteiger partial charge in [-0.25, -0.2) is 0 Å². The Morgan fingerprint density at radius 2 is 2.20 bits per heavy atom. The molecule has 1 N–H and O–H groups in total. The number of nitrogens with one attached hydrogen (secondary N) is 1. The number of rotatable bonds is 5. The van der Waals surface area contributed by atoms with Crippen LogP contribution in [0.3, 0.4) is 0 Å². The lowest BCUT2D eigenvalue weighted by atomic mass is 10.0. The Morgan fingerprint density at radius 1 is 1.50 bits per heavy atom. The predicted molar refractivity (Wildman–Crippen MR) is 80.1 cm³/mol. The van der Waals surface area contributed by atoms with Gasteiger partial charge in [0.15, 0.2) is 0 Å². The quantitative estimate of drug-likeness (QED) is 0.903. The van der Waals surface area contributed by atoms with Crippen molar-refractivity contribution in [2.45, 2.75) is 45.6 Å². The summed E-state index contributed by atoms with van der Waals surface area (Å²) < 4.78 is 5.02. The summed E-state index contributed by atoms with van der Waals surface area (Å²) in [6.07, 6.45) is 3.43. The predicted octanol–water partition coefficient (Wildman–Crippen LogP) is 1.94. The second kappa shape index (κ2) is 8.27. The minimum atomic E-state index is 0. The number of piperidine rings is 1. The molecular weight excluding hydrogens is 278 g/mol. The average molecular weight is 302 g/mol. The van der Waals surface area contributed by atoms with Gasteiger partial charge in [0.05, 0.1) is 12.1 Å². The molecule has 1 aromatic rings.